The van der Waals surface area contributed by atoms with Crippen LogP contribution in [0.1, 0.15) is 6.42 Å². The van der Waals surface area contributed by atoms with Gasteiger partial charge in [0, 0.05) is 13.1 Å². The fourth-order valence-electron chi connectivity index (χ4n) is 2.03. The maximum absolute atomic E-state index is 13.5. The van der Waals surface area contributed by atoms with Crippen molar-refractivity contribution in [2.24, 2.45) is 0 Å². The monoisotopic (exact) mass is 238 g/mol. The Morgan fingerprint density at radius 1 is 1.53 bits per heavy atom. The van der Waals surface area contributed by atoms with Gasteiger partial charge in [0.15, 0.2) is 0 Å². The molecule has 5 heteroatoms. The van der Waals surface area contributed by atoms with Gasteiger partial charge in [0.1, 0.15) is 5.82 Å². The number of carbonyl (C=O) groups excluding carboxylic acids is 1. The molecule has 0 aliphatic carbocycles. The number of carbonyl (C=O) groups is 1. The molecule has 0 bridgehead atoms. The first-order chi connectivity index (χ1) is 8.20. The Labute approximate surface area is 99.4 Å². The molecule has 1 heterocycles. The minimum atomic E-state index is -0.439. The van der Waals surface area contributed by atoms with Crippen LogP contribution in [-0.2, 0) is 4.74 Å². The Hall–Kier alpha value is -1.78. The summed E-state index contributed by atoms with van der Waals surface area (Å²) in [6.45, 7) is 1.34. The average molecular weight is 238 g/mol. The molecule has 4 nitrogen and oxygen atoms in total. The van der Waals surface area contributed by atoms with Crippen molar-refractivity contribution < 1.29 is 13.9 Å². The summed E-state index contributed by atoms with van der Waals surface area (Å²) in [6.07, 6.45) is 0.356. The van der Waals surface area contributed by atoms with Gasteiger partial charge in [-0.3, -0.25) is 0 Å². The summed E-state index contributed by atoms with van der Waals surface area (Å²) in [6, 6.07) is 6.67. The third-order valence-corrected chi connectivity index (χ3v) is 2.89. The molecule has 1 amide bonds. The molecule has 0 aromatic heterocycles. The van der Waals surface area contributed by atoms with Crippen molar-refractivity contribution in [2.45, 2.75) is 12.5 Å². The lowest BCUT2D eigenvalue weighted by molar-refractivity contribution is 0.167. The SMILES string of the molecule is COC(=O)N[C@H]1CCN(c2ccccc2F)C1. The van der Waals surface area contributed by atoms with E-state index >= 15 is 0 Å². The summed E-state index contributed by atoms with van der Waals surface area (Å²) in [4.78, 5) is 13.0. The maximum atomic E-state index is 13.5. The molecule has 92 valence electrons. The third-order valence-electron chi connectivity index (χ3n) is 2.89. The number of nitrogens with zero attached hydrogens (tertiary/aromatic N) is 1. The highest BCUT2D eigenvalue weighted by Gasteiger charge is 2.25. The van der Waals surface area contributed by atoms with Crippen molar-refractivity contribution in [3.8, 4) is 0 Å². The number of alkyl carbamates (subject to hydrolysis) is 1. The number of benzene rings is 1. The van der Waals surface area contributed by atoms with E-state index in [1.165, 1.54) is 13.2 Å². The van der Waals surface area contributed by atoms with Crippen LogP contribution < -0.4 is 10.2 Å². The molecule has 1 N–H and O–H groups in total. The van der Waals surface area contributed by atoms with Crippen LogP contribution in [0.5, 0.6) is 0 Å². The molecule has 1 aromatic carbocycles. The Morgan fingerprint density at radius 3 is 3.00 bits per heavy atom. The van der Waals surface area contributed by atoms with Crippen LogP contribution in [0.15, 0.2) is 24.3 Å². The summed E-state index contributed by atoms with van der Waals surface area (Å²) in [7, 11) is 1.33. The summed E-state index contributed by atoms with van der Waals surface area (Å²) >= 11 is 0. The fourth-order valence-corrected chi connectivity index (χ4v) is 2.03. The van der Waals surface area contributed by atoms with Gasteiger partial charge >= 0.3 is 6.09 Å². The number of ether oxygens (including phenoxy) is 1. The number of hydrogen-bond acceptors (Lipinski definition) is 3. The summed E-state index contributed by atoms with van der Waals surface area (Å²) in [5, 5.41) is 2.72. The van der Waals surface area contributed by atoms with E-state index < -0.39 is 6.09 Å². The molecule has 1 aliphatic heterocycles. The van der Waals surface area contributed by atoms with Crippen LogP contribution in [-0.4, -0.2) is 32.3 Å². The van der Waals surface area contributed by atoms with Gasteiger partial charge in [-0.05, 0) is 18.6 Å². The molecule has 1 aromatic rings. The average Bonchev–Trinajstić information content (AvgIpc) is 2.78. The molecule has 1 fully saturated rings. The van der Waals surface area contributed by atoms with Crippen molar-refractivity contribution in [1.82, 2.24) is 5.32 Å². The van der Waals surface area contributed by atoms with Crippen LogP contribution in [0.4, 0.5) is 14.9 Å². The highest BCUT2D eigenvalue weighted by atomic mass is 19.1. The van der Waals surface area contributed by atoms with Gasteiger partial charge in [0.05, 0.1) is 18.8 Å². The van der Waals surface area contributed by atoms with Crippen LogP contribution >= 0.6 is 0 Å². The normalized spacial score (nSPS) is 19.2. The molecular weight excluding hydrogens is 223 g/mol. The van der Waals surface area contributed by atoms with E-state index in [2.05, 4.69) is 10.1 Å². The Balaban J connectivity index is 1.98. The Kier molecular flexibility index (Phi) is 3.46. The van der Waals surface area contributed by atoms with E-state index in [4.69, 9.17) is 0 Å². The number of para-hydroxylation sites is 1. The number of halogens is 1. The predicted molar refractivity (Wildman–Crippen MR) is 62.6 cm³/mol. The highest BCUT2D eigenvalue weighted by molar-refractivity contribution is 5.67. The number of amides is 1. The molecule has 1 atom stereocenters. The molecule has 1 saturated heterocycles. The van der Waals surface area contributed by atoms with Gasteiger partial charge in [-0.2, -0.15) is 0 Å². The van der Waals surface area contributed by atoms with Gasteiger partial charge in [0.2, 0.25) is 0 Å². The van der Waals surface area contributed by atoms with E-state index in [1.54, 1.807) is 18.2 Å². The topological polar surface area (TPSA) is 41.6 Å². The predicted octanol–water partition coefficient (Wildman–Crippen LogP) is 1.76. The number of methoxy groups -OCH3 is 1. The number of anilines is 1. The van der Waals surface area contributed by atoms with E-state index in [9.17, 15) is 9.18 Å². The first-order valence-electron chi connectivity index (χ1n) is 5.54. The number of nitrogens with one attached hydrogen (secondary N) is 1. The zero-order valence-corrected chi connectivity index (χ0v) is 9.65. The lowest BCUT2D eigenvalue weighted by atomic mass is 10.3. The Bertz CT molecular complexity index is 411. The summed E-state index contributed by atoms with van der Waals surface area (Å²) < 4.78 is 18.1. The first kappa shape index (κ1) is 11.7. The quantitative estimate of drug-likeness (QED) is 0.853. The molecule has 0 spiro atoms. The molecule has 0 unspecified atom stereocenters. The second-order valence-electron chi connectivity index (χ2n) is 4.02. The maximum Gasteiger partial charge on any atom is 0.407 e. The lowest BCUT2D eigenvalue weighted by Crippen LogP contribution is -2.37. The number of rotatable bonds is 2. The van der Waals surface area contributed by atoms with E-state index in [-0.39, 0.29) is 11.9 Å². The Morgan fingerprint density at radius 2 is 2.29 bits per heavy atom. The van der Waals surface area contributed by atoms with Crippen molar-refractivity contribution in [1.29, 1.82) is 0 Å². The minimum Gasteiger partial charge on any atom is -0.453 e. The van der Waals surface area contributed by atoms with Gasteiger partial charge in [0.25, 0.3) is 0 Å². The van der Waals surface area contributed by atoms with Gasteiger partial charge < -0.3 is 15.0 Å². The second kappa shape index (κ2) is 5.03. The standard InChI is InChI=1S/C12H15FN2O2/c1-17-12(16)14-9-6-7-15(8-9)11-5-3-2-4-10(11)13/h2-5,9H,6-8H2,1H3,(H,14,16)/t9-/m0/s1. The second-order valence-corrected chi connectivity index (χ2v) is 4.02. The molecule has 0 radical (unpaired) electrons. The van der Waals surface area contributed by atoms with E-state index in [1.807, 2.05) is 4.90 Å². The number of hydrogen-bond donors (Lipinski definition) is 1. The van der Waals surface area contributed by atoms with Gasteiger partial charge in [-0.15, -0.1) is 0 Å². The van der Waals surface area contributed by atoms with Crippen molar-refractivity contribution in [3.05, 3.63) is 30.1 Å². The van der Waals surface area contributed by atoms with Gasteiger partial charge in [-0.25, -0.2) is 9.18 Å². The molecule has 17 heavy (non-hydrogen) atoms. The smallest absolute Gasteiger partial charge is 0.407 e. The fraction of sp³-hybridized carbons (Fsp3) is 0.417. The molecule has 0 saturated carbocycles. The largest absolute Gasteiger partial charge is 0.453 e. The van der Waals surface area contributed by atoms with Crippen molar-refractivity contribution in [2.75, 3.05) is 25.1 Å². The molecular formula is C12H15FN2O2. The lowest BCUT2D eigenvalue weighted by Gasteiger charge is -2.19. The van der Waals surface area contributed by atoms with Gasteiger partial charge in [-0.1, -0.05) is 12.1 Å². The zero-order chi connectivity index (χ0) is 12.3. The zero-order valence-electron chi connectivity index (χ0n) is 9.65. The van der Waals surface area contributed by atoms with E-state index in [0.717, 1.165) is 13.0 Å². The van der Waals surface area contributed by atoms with Crippen LogP contribution in [0.2, 0.25) is 0 Å². The van der Waals surface area contributed by atoms with Crippen molar-refractivity contribution >= 4 is 11.8 Å². The van der Waals surface area contributed by atoms with Crippen molar-refractivity contribution in [3.63, 3.8) is 0 Å². The minimum absolute atomic E-state index is 0.0158. The van der Waals surface area contributed by atoms with Crippen LogP contribution in [0.25, 0.3) is 0 Å². The summed E-state index contributed by atoms with van der Waals surface area (Å²) in [5.74, 6) is -0.230. The third kappa shape index (κ3) is 2.67. The molecule has 1 aliphatic rings. The summed E-state index contributed by atoms with van der Waals surface area (Å²) in [5.41, 5.74) is 0.585. The van der Waals surface area contributed by atoms with Crippen LogP contribution in [0, 0.1) is 5.82 Å². The first-order valence-corrected chi connectivity index (χ1v) is 5.54. The molecule has 2 rings (SSSR count). The van der Waals surface area contributed by atoms with Crippen LogP contribution in [0.3, 0.4) is 0 Å². The highest BCUT2D eigenvalue weighted by Crippen LogP contribution is 2.23. The van der Waals surface area contributed by atoms with E-state index in [0.29, 0.717) is 12.2 Å².